The maximum atomic E-state index is 13.5. The highest BCUT2D eigenvalue weighted by atomic mass is 19.4. The second kappa shape index (κ2) is 5.25. The second-order valence-corrected chi connectivity index (χ2v) is 4.92. The van der Waals surface area contributed by atoms with E-state index in [0.717, 1.165) is 23.1 Å². The standard InChI is InChI=1S/C13H12F5NO2/c14-8-2-1-3-9(15)10(8)11(20)19-6-4-12(21,5-7-19)13(16,17)18/h1-3,21H,4-7H2. The maximum absolute atomic E-state index is 13.5. The number of rotatable bonds is 1. The van der Waals surface area contributed by atoms with Gasteiger partial charge in [0.25, 0.3) is 5.91 Å². The van der Waals surface area contributed by atoms with Crippen molar-refractivity contribution in [2.75, 3.05) is 13.1 Å². The van der Waals surface area contributed by atoms with Gasteiger partial charge in [-0.05, 0) is 12.1 Å². The van der Waals surface area contributed by atoms with Crippen LogP contribution in [0, 0.1) is 11.6 Å². The number of hydrogen-bond acceptors (Lipinski definition) is 2. The van der Waals surface area contributed by atoms with Crippen LogP contribution in [0.3, 0.4) is 0 Å². The summed E-state index contributed by atoms with van der Waals surface area (Å²) < 4.78 is 64.9. The van der Waals surface area contributed by atoms with Gasteiger partial charge in [0.1, 0.15) is 17.2 Å². The summed E-state index contributed by atoms with van der Waals surface area (Å²) in [5.41, 5.74) is -3.66. The molecule has 1 N–H and O–H groups in total. The smallest absolute Gasteiger partial charge is 0.380 e. The SMILES string of the molecule is O=C(c1c(F)cccc1F)N1CCC(O)(C(F)(F)F)CC1. The van der Waals surface area contributed by atoms with E-state index in [1.807, 2.05) is 0 Å². The number of piperidine rings is 1. The number of aliphatic hydroxyl groups is 1. The molecule has 1 amide bonds. The first-order chi connectivity index (χ1) is 9.66. The number of hydrogen-bond donors (Lipinski definition) is 1. The molecule has 21 heavy (non-hydrogen) atoms. The molecule has 0 aromatic heterocycles. The lowest BCUT2D eigenvalue weighted by molar-refractivity contribution is -0.271. The molecule has 1 aromatic carbocycles. The highest BCUT2D eigenvalue weighted by Crippen LogP contribution is 2.38. The van der Waals surface area contributed by atoms with Crippen LogP contribution < -0.4 is 0 Å². The minimum atomic E-state index is -4.80. The first kappa shape index (κ1) is 15.7. The van der Waals surface area contributed by atoms with Crippen LogP contribution in [0.5, 0.6) is 0 Å². The fourth-order valence-corrected chi connectivity index (χ4v) is 2.22. The summed E-state index contributed by atoms with van der Waals surface area (Å²) in [4.78, 5) is 12.9. The van der Waals surface area contributed by atoms with Crippen LogP contribution in [0.2, 0.25) is 0 Å². The van der Waals surface area contributed by atoms with E-state index in [0.29, 0.717) is 0 Å². The summed E-state index contributed by atoms with van der Waals surface area (Å²) >= 11 is 0. The largest absolute Gasteiger partial charge is 0.417 e. The maximum Gasteiger partial charge on any atom is 0.417 e. The Hall–Kier alpha value is -1.70. The monoisotopic (exact) mass is 309 g/mol. The predicted octanol–water partition coefficient (Wildman–Crippen LogP) is 2.49. The number of halogens is 5. The van der Waals surface area contributed by atoms with Crippen molar-refractivity contribution in [1.29, 1.82) is 0 Å². The molecule has 1 aliphatic heterocycles. The predicted molar refractivity (Wildman–Crippen MR) is 62.5 cm³/mol. The van der Waals surface area contributed by atoms with E-state index in [-0.39, 0.29) is 0 Å². The average Bonchev–Trinajstić information content (AvgIpc) is 2.38. The lowest BCUT2D eigenvalue weighted by Crippen LogP contribution is -2.54. The molecule has 116 valence electrons. The van der Waals surface area contributed by atoms with E-state index in [4.69, 9.17) is 0 Å². The van der Waals surface area contributed by atoms with Gasteiger partial charge >= 0.3 is 6.18 Å². The summed E-state index contributed by atoms with van der Waals surface area (Å²) in [7, 11) is 0. The Kier molecular flexibility index (Phi) is 3.92. The number of benzene rings is 1. The topological polar surface area (TPSA) is 40.5 Å². The molecule has 1 fully saturated rings. The molecule has 0 atom stereocenters. The van der Waals surface area contributed by atoms with E-state index >= 15 is 0 Å². The molecular formula is C13H12F5NO2. The van der Waals surface area contributed by atoms with Crippen molar-refractivity contribution in [3.05, 3.63) is 35.4 Å². The Labute approximate surface area is 117 Å². The Morgan fingerprint density at radius 2 is 1.62 bits per heavy atom. The number of carbonyl (C=O) groups is 1. The zero-order chi connectivity index (χ0) is 15.8. The first-order valence-corrected chi connectivity index (χ1v) is 6.18. The van der Waals surface area contributed by atoms with Gasteiger partial charge in [0.05, 0.1) is 0 Å². The van der Waals surface area contributed by atoms with Gasteiger partial charge in [-0.15, -0.1) is 0 Å². The van der Waals surface area contributed by atoms with Gasteiger partial charge in [-0.25, -0.2) is 8.78 Å². The Morgan fingerprint density at radius 1 is 1.14 bits per heavy atom. The molecule has 2 rings (SSSR count). The molecule has 1 heterocycles. The van der Waals surface area contributed by atoms with E-state index in [1.54, 1.807) is 0 Å². The van der Waals surface area contributed by atoms with Crippen molar-refractivity contribution in [3.63, 3.8) is 0 Å². The molecule has 0 radical (unpaired) electrons. The van der Waals surface area contributed by atoms with Gasteiger partial charge in [0.2, 0.25) is 0 Å². The molecule has 0 spiro atoms. The van der Waals surface area contributed by atoms with Crippen LogP contribution in [0.25, 0.3) is 0 Å². The Bertz CT molecular complexity index is 530. The van der Waals surface area contributed by atoms with Crippen LogP contribution in [-0.4, -0.2) is 40.8 Å². The van der Waals surface area contributed by atoms with Crippen molar-refractivity contribution < 1.29 is 31.9 Å². The molecule has 1 saturated heterocycles. The minimum absolute atomic E-state index is 0.428. The summed E-state index contributed by atoms with van der Waals surface area (Å²) in [6.45, 7) is -0.856. The summed E-state index contributed by atoms with van der Waals surface area (Å²) in [5.74, 6) is -3.16. The summed E-state index contributed by atoms with van der Waals surface area (Å²) in [6.07, 6.45) is -6.25. The molecule has 1 aromatic rings. The molecule has 0 bridgehead atoms. The van der Waals surface area contributed by atoms with E-state index in [9.17, 15) is 31.9 Å². The Balaban J connectivity index is 2.15. The van der Waals surface area contributed by atoms with Crippen LogP contribution >= 0.6 is 0 Å². The molecular weight excluding hydrogens is 297 g/mol. The van der Waals surface area contributed by atoms with Gasteiger partial charge in [0.15, 0.2) is 5.60 Å². The lowest BCUT2D eigenvalue weighted by atomic mass is 9.90. The Morgan fingerprint density at radius 3 is 2.05 bits per heavy atom. The zero-order valence-electron chi connectivity index (χ0n) is 10.8. The molecule has 8 heteroatoms. The minimum Gasteiger partial charge on any atom is -0.380 e. The van der Waals surface area contributed by atoms with Crippen LogP contribution in [-0.2, 0) is 0 Å². The van der Waals surface area contributed by atoms with Crippen molar-refractivity contribution >= 4 is 5.91 Å². The van der Waals surface area contributed by atoms with E-state index < -0.39 is 60.8 Å². The summed E-state index contributed by atoms with van der Waals surface area (Å²) in [5, 5.41) is 9.48. The van der Waals surface area contributed by atoms with Crippen molar-refractivity contribution in [1.82, 2.24) is 4.90 Å². The van der Waals surface area contributed by atoms with Gasteiger partial charge in [0, 0.05) is 25.9 Å². The van der Waals surface area contributed by atoms with Crippen molar-refractivity contribution in [2.24, 2.45) is 0 Å². The molecule has 0 aliphatic carbocycles. The highest BCUT2D eigenvalue weighted by molar-refractivity contribution is 5.94. The van der Waals surface area contributed by atoms with Gasteiger partial charge in [-0.3, -0.25) is 4.79 Å². The molecule has 1 aliphatic rings. The van der Waals surface area contributed by atoms with Gasteiger partial charge in [-0.1, -0.05) is 6.07 Å². The number of carbonyl (C=O) groups excluding carboxylic acids is 1. The summed E-state index contributed by atoms with van der Waals surface area (Å²) in [6, 6.07) is 2.87. The average molecular weight is 309 g/mol. The van der Waals surface area contributed by atoms with E-state index in [2.05, 4.69) is 0 Å². The fraction of sp³-hybridized carbons (Fsp3) is 0.462. The van der Waals surface area contributed by atoms with Crippen LogP contribution in [0.15, 0.2) is 18.2 Å². The zero-order valence-corrected chi connectivity index (χ0v) is 10.8. The number of alkyl halides is 3. The number of amides is 1. The van der Waals surface area contributed by atoms with Gasteiger partial charge < -0.3 is 10.0 Å². The van der Waals surface area contributed by atoms with Crippen LogP contribution in [0.4, 0.5) is 22.0 Å². The normalized spacial score (nSPS) is 18.7. The number of nitrogens with zero attached hydrogens (tertiary/aromatic N) is 1. The fourth-order valence-electron chi connectivity index (χ4n) is 2.22. The third-order valence-electron chi connectivity index (χ3n) is 3.58. The van der Waals surface area contributed by atoms with Gasteiger partial charge in [-0.2, -0.15) is 13.2 Å². The quantitative estimate of drug-likeness (QED) is 0.810. The third-order valence-corrected chi connectivity index (χ3v) is 3.58. The van der Waals surface area contributed by atoms with Crippen LogP contribution in [0.1, 0.15) is 23.2 Å². The molecule has 0 unspecified atom stereocenters. The van der Waals surface area contributed by atoms with Crippen molar-refractivity contribution in [2.45, 2.75) is 24.6 Å². The number of likely N-dealkylation sites (tertiary alicyclic amines) is 1. The van der Waals surface area contributed by atoms with E-state index in [1.165, 1.54) is 0 Å². The molecule has 3 nitrogen and oxygen atoms in total. The highest BCUT2D eigenvalue weighted by Gasteiger charge is 2.55. The first-order valence-electron chi connectivity index (χ1n) is 6.18. The second-order valence-electron chi connectivity index (χ2n) is 4.92. The third kappa shape index (κ3) is 2.85. The lowest BCUT2D eigenvalue weighted by Gasteiger charge is -2.39. The van der Waals surface area contributed by atoms with Crippen molar-refractivity contribution in [3.8, 4) is 0 Å². The molecule has 0 saturated carbocycles.